The Kier molecular flexibility index (Phi) is 2.32. The van der Waals surface area contributed by atoms with Crippen LogP contribution in [-0.2, 0) is 11.2 Å². The third-order valence-corrected chi connectivity index (χ3v) is 2.01. The number of hydrogen-bond donors (Lipinski definition) is 1. The van der Waals surface area contributed by atoms with E-state index in [1.807, 2.05) is 0 Å². The third-order valence-electron chi connectivity index (χ3n) is 2.01. The Balaban J connectivity index is 2.32. The SMILES string of the molecule is O=C(O)CCc1nnc2cc(F)ccn12. The molecular formula is C9H8FN3O2. The van der Waals surface area contributed by atoms with E-state index in [0.717, 1.165) is 0 Å². The summed E-state index contributed by atoms with van der Waals surface area (Å²) in [6.07, 6.45) is 1.75. The molecule has 0 saturated heterocycles. The van der Waals surface area contributed by atoms with Crippen LogP contribution in [0.25, 0.3) is 5.65 Å². The van der Waals surface area contributed by atoms with E-state index in [4.69, 9.17) is 5.11 Å². The summed E-state index contributed by atoms with van der Waals surface area (Å²) in [7, 11) is 0. The van der Waals surface area contributed by atoms with E-state index < -0.39 is 5.97 Å². The lowest BCUT2D eigenvalue weighted by Crippen LogP contribution is -2.01. The molecule has 0 amide bonds. The standard InChI is InChI=1S/C9H8FN3O2/c10-6-3-4-13-7(1-2-9(14)15)11-12-8(13)5-6/h3-5H,1-2H2,(H,14,15). The van der Waals surface area contributed by atoms with Crippen molar-refractivity contribution in [1.82, 2.24) is 14.6 Å². The third kappa shape index (κ3) is 1.93. The van der Waals surface area contributed by atoms with Crippen LogP contribution in [0.4, 0.5) is 4.39 Å². The van der Waals surface area contributed by atoms with Crippen molar-refractivity contribution in [2.45, 2.75) is 12.8 Å². The molecule has 0 bridgehead atoms. The number of hydrogen-bond acceptors (Lipinski definition) is 3. The van der Waals surface area contributed by atoms with E-state index in [1.165, 1.54) is 18.3 Å². The fourth-order valence-electron chi connectivity index (χ4n) is 1.30. The Labute approximate surface area is 84.2 Å². The Morgan fingerprint density at radius 2 is 2.33 bits per heavy atom. The zero-order chi connectivity index (χ0) is 10.8. The summed E-state index contributed by atoms with van der Waals surface area (Å²) in [6.45, 7) is 0. The predicted octanol–water partition coefficient (Wildman–Crippen LogP) is 0.886. The van der Waals surface area contributed by atoms with Gasteiger partial charge < -0.3 is 5.11 Å². The molecule has 5 nitrogen and oxygen atoms in total. The highest BCUT2D eigenvalue weighted by atomic mass is 19.1. The predicted molar refractivity (Wildman–Crippen MR) is 48.9 cm³/mol. The van der Waals surface area contributed by atoms with Gasteiger partial charge in [-0.25, -0.2) is 4.39 Å². The average Bonchev–Trinajstić information content (AvgIpc) is 2.57. The van der Waals surface area contributed by atoms with Crippen LogP contribution in [0.15, 0.2) is 18.3 Å². The molecule has 2 aromatic rings. The molecule has 0 aliphatic heterocycles. The number of fused-ring (bicyclic) bond motifs is 1. The molecule has 0 radical (unpaired) electrons. The van der Waals surface area contributed by atoms with Crippen LogP contribution in [0, 0.1) is 5.82 Å². The molecule has 0 unspecified atom stereocenters. The molecule has 0 aliphatic carbocycles. The maximum Gasteiger partial charge on any atom is 0.303 e. The highest BCUT2D eigenvalue weighted by Gasteiger charge is 2.07. The first kappa shape index (κ1) is 9.57. The number of pyridine rings is 1. The monoisotopic (exact) mass is 209 g/mol. The minimum atomic E-state index is -0.895. The Hall–Kier alpha value is -1.98. The van der Waals surface area contributed by atoms with Gasteiger partial charge in [0.15, 0.2) is 5.65 Å². The van der Waals surface area contributed by atoms with Crippen molar-refractivity contribution in [2.75, 3.05) is 0 Å². The molecular weight excluding hydrogens is 201 g/mol. The van der Waals surface area contributed by atoms with Crippen molar-refractivity contribution in [2.24, 2.45) is 0 Å². The lowest BCUT2D eigenvalue weighted by atomic mass is 10.3. The number of nitrogens with zero attached hydrogens (tertiary/aromatic N) is 3. The summed E-state index contributed by atoms with van der Waals surface area (Å²) in [5.74, 6) is -0.763. The van der Waals surface area contributed by atoms with Crippen LogP contribution in [0.2, 0.25) is 0 Å². The molecule has 2 rings (SSSR count). The summed E-state index contributed by atoms with van der Waals surface area (Å²) in [5.41, 5.74) is 0.385. The molecule has 1 N–H and O–H groups in total. The minimum absolute atomic E-state index is 0.0157. The first-order chi connectivity index (χ1) is 7.16. The Morgan fingerprint density at radius 1 is 1.53 bits per heavy atom. The van der Waals surface area contributed by atoms with Crippen molar-refractivity contribution in [3.8, 4) is 0 Å². The maximum absolute atomic E-state index is 12.8. The number of carboxylic acid groups (broad SMARTS) is 1. The van der Waals surface area contributed by atoms with Gasteiger partial charge in [0.2, 0.25) is 0 Å². The van der Waals surface area contributed by atoms with E-state index in [0.29, 0.717) is 11.5 Å². The van der Waals surface area contributed by atoms with Gasteiger partial charge in [-0.1, -0.05) is 0 Å². The number of rotatable bonds is 3. The van der Waals surface area contributed by atoms with E-state index in [9.17, 15) is 9.18 Å². The van der Waals surface area contributed by atoms with Gasteiger partial charge in [0, 0.05) is 18.7 Å². The maximum atomic E-state index is 12.8. The van der Waals surface area contributed by atoms with Crippen molar-refractivity contribution >= 4 is 11.6 Å². The van der Waals surface area contributed by atoms with Gasteiger partial charge in [0.1, 0.15) is 11.6 Å². The zero-order valence-electron chi connectivity index (χ0n) is 7.72. The molecule has 2 heterocycles. The molecule has 0 aliphatic rings. The molecule has 0 spiro atoms. The number of aliphatic carboxylic acids is 1. The van der Waals surface area contributed by atoms with Crippen molar-refractivity contribution in [3.63, 3.8) is 0 Å². The lowest BCUT2D eigenvalue weighted by molar-refractivity contribution is -0.137. The van der Waals surface area contributed by atoms with E-state index >= 15 is 0 Å². The summed E-state index contributed by atoms with van der Waals surface area (Å²) in [4.78, 5) is 10.4. The summed E-state index contributed by atoms with van der Waals surface area (Å²) in [5, 5.41) is 16.0. The van der Waals surface area contributed by atoms with E-state index in [-0.39, 0.29) is 18.7 Å². The van der Waals surface area contributed by atoms with Gasteiger partial charge >= 0.3 is 5.97 Å². The number of aromatic nitrogens is 3. The van der Waals surface area contributed by atoms with Gasteiger partial charge in [-0.3, -0.25) is 9.20 Å². The van der Waals surface area contributed by atoms with Gasteiger partial charge in [-0.15, -0.1) is 10.2 Å². The number of carboxylic acids is 1. The fourth-order valence-corrected chi connectivity index (χ4v) is 1.30. The summed E-state index contributed by atoms with van der Waals surface area (Å²) >= 11 is 0. The second-order valence-electron chi connectivity index (χ2n) is 3.08. The molecule has 0 aromatic carbocycles. The Bertz CT molecular complexity index is 509. The first-order valence-electron chi connectivity index (χ1n) is 4.38. The summed E-state index contributed by atoms with van der Waals surface area (Å²) < 4.78 is 14.4. The van der Waals surface area contributed by atoms with Crippen LogP contribution in [0.5, 0.6) is 0 Å². The van der Waals surface area contributed by atoms with Crippen molar-refractivity contribution in [1.29, 1.82) is 0 Å². The van der Waals surface area contributed by atoms with Gasteiger partial charge in [-0.05, 0) is 6.07 Å². The highest BCUT2D eigenvalue weighted by molar-refractivity contribution is 5.66. The molecule has 2 aromatic heterocycles. The van der Waals surface area contributed by atoms with Crippen molar-refractivity contribution in [3.05, 3.63) is 30.0 Å². The van der Waals surface area contributed by atoms with E-state index in [1.54, 1.807) is 4.40 Å². The summed E-state index contributed by atoms with van der Waals surface area (Å²) in [6, 6.07) is 2.53. The number of aryl methyl sites for hydroxylation is 1. The number of halogens is 1. The second-order valence-corrected chi connectivity index (χ2v) is 3.08. The molecule has 78 valence electrons. The molecule has 0 atom stereocenters. The normalized spacial score (nSPS) is 10.7. The van der Waals surface area contributed by atoms with Gasteiger partial charge in [-0.2, -0.15) is 0 Å². The molecule has 6 heteroatoms. The Morgan fingerprint density at radius 3 is 3.07 bits per heavy atom. The van der Waals surface area contributed by atoms with Crippen molar-refractivity contribution < 1.29 is 14.3 Å². The van der Waals surface area contributed by atoms with Crippen LogP contribution in [-0.4, -0.2) is 25.7 Å². The lowest BCUT2D eigenvalue weighted by Gasteiger charge is -1.96. The van der Waals surface area contributed by atoms with Crippen LogP contribution < -0.4 is 0 Å². The van der Waals surface area contributed by atoms with Gasteiger partial charge in [0.25, 0.3) is 0 Å². The fraction of sp³-hybridized carbons (Fsp3) is 0.222. The van der Waals surface area contributed by atoms with Gasteiger partial charge in [0.05, 0.1) is 6.42 Å². The quantitative estimate of drug-likeness (QED) is 0.814. The van der Waals surface area contributed by atoms with Crippen LogP contribution in [0.3, 0.4) is 0 Å². The number of carbonyl (C=O) groups is 1. The average molecular weight is 209 g/mol. The molecule has 0 saturated carbocycles. The topological polar surface area (TPSA) is 67.5 Å². The molecule has 15 heavy (non-hydrogen) atoms. The molecule has 0 fully saturated rings. The highest BCUT2D eigenvalue weighted by Crippen LogP contribution is 2.07. The largest absolute Gasteiger partial charge is 0.481 e. The van der Waals surface area contributed by atoms with Crippen LogP contribution in [0.1, 0.15) is 12.2 Å². The second kappa shape index (κ2) is 3.64. The van der Waals surface area contributed by atoms with Crippen LogP contribution >= 0.6 is 0 Å². The zero-order valence-corrected chi connectivity index (χ0v) is 7.72. The van der Waals surface area contributed by atoms with E-state index in [2.05, 4.69) is 10.2 Å². The smallest absolute Gasteiger partial charge is 0.303 e. The first-order valence-corrected chi connectivity index (χ1v) is 4.38. The minimum Gasteiger partial charge on any atom is -0.481 e.